The van der Waals surface area contributed by atoms with Crippen molar-refractivity contribution in [3.63, 3.8) is 0 Å². The lowest BCUT2D eigenvalue weighted by Gasteiger charge is -2.12. The Morgan fingerprint density at radius 3 is 2.79 bits per heavy atom. The second-order valence-electron chi connectivity index (χ2n) is 4.55. The fraction of sp³-hybridized carbons (Fsp3) is 0.545. The lowest BCUT2D eigenvalue weighted by molar-refractivity contribution is -0.0252. The molecule has 2 aromatic heterocycles. The van der Waals surface area contributed by atoms with Crippen LogP contribution in [-0.2, 0) is 4.74 Å². The van der Waals surface area contributed by atoms with Gasteiger partial charge in [0.1, 0.15) is 35.8 Å². The average molecular weight is 266 g/mol. The van der Waals surface area contributed by atoms with E-state index in [0.29, 0.717) is 17.0 Å². The third-order valence-electron chi connectivity index (χ3n) is 3.17. The van der Waals surface area contributed by atoms with Gasteiger partial charge in [-0.05, 0) is 6.92 Å². The van der Waals surface area contributed by atoms with Gasteiger partial charge in [-0.15, -0.1) is 0 Å². The lowest BCUT2D eigenvalue weighted by atomic mass is 10.1. The highest BCUT2D eigenvalue weighted by atomic mass is 16.6. The fourth-order valence-electron chi connectivity index (χ4n) is 2.19. The van der Waals surface area contributed by atoms with Gasteiger partial charge in [0.15, 0.2) is 11.5 Å². The highest BCUT2D eigenvalue weighted by Crippen LogP contribution is 2.31. The molecule has 4 atom stereocenters. The summed E-state index contributed by atoms with van der Waals surface area (Å²) in [7, 11) is 0. The molecule has 0 saturated carbocycles. The van der Waals surface area contributed by atoms with Crippen LogP contribution < -0.4 is 0 Å². The van der Waals surface area contributed by atoms with E-state index in [0.717, 1.165) is 0 Å². The van der Waals surface area contributed by atoms with Gasteiger partial charge in [0.2, 0.25) is 0 Å². The Kier molecular flexibility index (Phi) is 2.94. The van der Waals surface area contributed by atoms with Gasteiger partial charge in [-0.1, -0.05) is 0 Å². The highest BCUT2D eigenvalue weighted by Gasteiger charge is 2.44. The normalized spacial score (nSPS) is 31.2. The summed E-state index contributed by atoms with van der Waals surface area (Å²) in [6.45, 7) is 1.42. The number of imidazole rings is 1. The zero-order chi connectivity index (χ0) is 13.6. The van der Waals surface area contributed by atoms with Crippen LogP contribution in [0.4, 0.5) is 0 Å². The van der Waals surface area contributed by atoms with E-state index in [1.807, 2.05) is 0 Å². The molecule has 3 heterocycles. The Morgan fingerprint density at radius 2 is 2.11 bits per heavy atom. The van der Waals surface area contributed by atoms with Crippen LogP contribution in [0.25, 0.3) is 11.2 Å². The third-order valence-corrected chi connectivity index (χ3v) is 3.17. The standard InChI is InChI=1S/C11H14N4O4/c1-4-13-5-2-12-11(15-10(5)14-4)9-8(18)7(17)6(3-16)19-9/h2,6-9,16-18H,3H2,1H3,(H,12,13,14,15)/t6-,7-,8-,9?/m1/s1. The molecule has 0 aromatic carbocycles. The molecule has 102 valence electrons. The second-order valence-corrected chi connectivity index (χ2v) is 4.55. The van der Waals surface area contributed by atoms with Crippen molar-refractivity contribution < 1.29 is 20.1 Å². The number of fused-ring (bicyclic) bond motifs is 1. The van der Waals surface area contributed by atoms with E-state index >= 15 is 0 Å². The maximum absolute atomic E-state index is 9.90. The van der Waals surface area contributed by atoms with E-state index in [4.69, 9.17) is 9.84 Å². The van der Waals surface area contributed by atoms with Gasteiger partial charge in [0.05, 0.1) is 12.8 Å². The van der Waals surface area contributed by atoms with E-state index in [1.54, 1.807) is 13.1 Å². The topological polar surface area (TPSA) is 124 Å². The van der Waals surface area contributed by atoms with Crippen LogP contribution >= 0.6 is 0 Å². The molecule has 1 aliphatic rings. The second kappa shape index (κ2) is 4.49. The zero-order valence-corrected chi connectivity index (χ0v) is 10.2. The Morgan fingerprint density at radius 1 is 1.32 bits per heavy atom. The summed E-state index contributed by atoms with van der Waals surface area (Å²) in [6.07, 6.45) is -2.48. The van der Waals surface area contributed by atoms with Crippen molar-refractivity contribution in [2.45, 2.75) is 31.3 Å². The number of aryl methyl sites for hydroxylation is 1. The number of hydrogen-bond donors (Lipinski definition) is 4. The summed E-state index contributed by atoms with van der Waals surface area (Å²) in [5, 5.41) is 28.6. The number of aromatic amines is 1. The first kappa shape index (κ1) is 12.4. The number of aromatic nitrogens is 4. The zero-order valence-electron chi connectivity index (χ0n) is 10.2. The van der Waals surface area contributed by atoms with Crippen molar-refractivity contribution in [3.05, 3.63) is 17.8 Å². The summed E-state index contributed by atoms with van der Waals surface area (Å²) in [5.41, 5.74) is 1.16. The molecule has 2 aromatic rings. The minimum Gasteiger partial charge on any atom is -0.394 e. The Bertz CT molecular complexity index is 601. The van der Waals surface area contributed by atoms with E-state index in [1.165, 1.54) is 0 Å². The molecule has 0 bridgehead atoms. The van der Waals surface area contributed by atoms with Gasteiger partial charge in [0, 0.05) is 0 Å². The predicted molar refractivity (Wildman–Crippen MR) is 63.1 cm³/mol. The van der Waals surface area contributed by atoms with E-state index < -0.39 is 24.4 Å². The monoisotopic (exact) mass is 266 g/mol. The summed E-state index contributed by atoms with van der Waals surface area (Å²) in [4.78, 5) is 15.5. The quantitative estimate of drug-likeness (QED) is 0.539. The van der Waals surface area contributed by atoms with E-state index in [2.05, 4.69) is 19.9 Å². The average Bonchev–Trinajstić information content (AvgIpc) is 2.90. The van der Waals surface area contributed by atoms with Crippen molar-refractivity contribution in [3.8, 4) is 0 Å². The maximum atomic E-state index is 9.90. The predicted octanol–water partition coefficient (Wildman–Crippen LogP) is -1.18. The molecule has 4 N–H and O–H groups in total. The molecular formula is C11H14N4O4. The van der Waals surface area contributed by atoms with Crippen molar-refractivity contribution in [1.82, 2.24) is 19.9 Å². The number of aliphatic hydroxyl groups excluding tert-OH is 3. The summed E-state index contributed by atoms with van der Waals surface area (Å²) >= 11 is 0. The summed E-state index contributed by atoms with van der Waals surface area (Å²) in [6, 6.07) is 0. The third kappa shape index (κ3) is 1.98. The number of aliphatic hydroxyl groups is 3. The van der Waals surface area contributed by atoms with E-state index in [9.17, 15) is 10.2 Å². The van der Waals surface area contributed by atoms with Crippen LogP contribution in [0.15, 0.2) is 6.20 Å². The number of hydrogen-bond acceptors (Lipinski definition) is 7. The highest BCUT2D eigenvalue weighted by molar-refractivity contribution is 5.69. The molecule has 3 rings (SSSR count). The lowest BCUT2D eigenvalue weighted by Crippen LogP contribution is -2.32. The molecule has 0 aliphatic carbocycles. The molecule has 0 amide bonds. The Labute approximate surface area is 108 Å². The number of H-pyrrole nitrogens is 1. The molecule has 0 radical (unpaired) electrons. The van der Waals surface area contributed by atoms with Crippen LogP contribution in [-0.4, -0.2) is 60.2 Å². The van der Waals surface area contributed by atoms with Crippen LogP contribution in [0, 0.1) is 6.92 Å². The van der Waals surface area contributed by atoms with Crippen molar-refractivity contribution in [1.29, 1.82) is 0 Å². The first-order valence-electron chi connectivity index (χ1n) is 5.92. The molecular weight excluding hydrogens is 252 g/mol. The molecule has 19 heavy (non-hydrogen) atoms. The van der Waals surface area contributed by atoms with Crippen LogP contribution in [0.2, 0.25) is 0 Å². The minimum atomic E-state index is -1.17. The summed E-state index contributed by atoms with van der Waals surface area (Å²) < 4.78 is 5.36. The maximum Gasteiger partial charge on any atom is 0.181 e. The Hall–Kier alpha value is -1.61. The fourth-order valence-corrected chi connectivity index (χ4v) is 2.19. The molecule has 0 spiro atoms. The minimum absolute atomic E-state index is 0.238. The van der Waals surface area contributed by atoms with Crippen LogP contribution in [0.5, 0.6) is 0 Å². The largest absolute Gasteiger partial charge is 0.394 e. The molecule has 8 heteroatoms. The molecule has 8 nitrogen and oxygen atoms in total. The SMILES string of the molecule is Cc1nc2nc(C3O[C@H](CO)[C@@H](O)[C@H]3O)ncc2[nH]1. The first-order valence-corrected chi connectivity index (χ1v) is 5.92. The van der Waals surface area contributed by atoms with Crippen LogP contribution in [0.3, 0.4) is 0 Å². The van der Waals surface area contributed by atoms with E-state index in [-0.39, 0.29) is 12.4 Å². The van der Waals surface area contributed by atoms with Gasteiger partial charge in [-0.3, -0.25) is 0 Å². The number of ether oxygens (including phenoxy) is 1. The van der Waals surface area contributed by atoms with Gasteiger partial charge < -0.3 is 25.0 Å². The number of nitrogens with one attached hydrogen (secondary N) is 1. The van der Waals surface area contributed by atoms with Crippen molar-refractivity contribution in [2.75, 3.05) is 6.61 Å². The Balaban J connectivity index is 1.95. The molecule has 1 unspecified atom stereocenters. The first-order chi connectivity index (χ1) is 9.10. The number of nitrogens with zero attached hydrogens (tertiary/aromatic N) is 3. The van der Waals surface area contributed by atoms with Gasteiger partial charge in [-0.25, -0.2) is 15.0 Å². The molecule has 1 aliphatic heterocycles. The molecule has 1 saturated heterocycles. The van der Waals surface area contributed by atoms with Crippen molar-refractivity contribution >= 4 is 11.2 Å². The summed E-state index contributed by atoms with van der Waals surface area (Å²) in [5.74, 6) is 0.948. The molecule has 1 fully saturated rings. The number of rotatable bonds is 2. The van der Waals surface area contributed by atoms with Gasteiger partial charge in [-0.2, -0.15) is 0 Å². The smallest absolute Gasteiger partial charge is 0.181 e. The van der Waals surface area contributed by atoms with Gasteiger partial charge >= 0.3 is 0 Å². The van der Waals surface area contributed by atoms with Crippen molar-refractivity contribution in [2.24, 2.45) is 0 Å². The van der Waals surface area contributed by atoms with Crippen LogP contribution in [0.1, 0.15) is 17.8 Å². The van der Waals surface area contributed by atoms with Gasteiger partial charge in [0.25, 0.3) is 0 Å².